The standard InChI is InChI=1S/C17H19ClS/c1-12(2)13-8-10-14(11-9-13)17(18)15-6-4-5-7-16(15)19-3/h4-12,17H,1-3H3. The summed E-state index contributed by atoms with van der Waals surface area (Å²) in [5.41, 5.74) is 3.70. The predicted molar refractivity (Wildman–Crippen MR) is 86.5 cm³/mol. The molecule has 0 aliphatic carbocycles. The zero-order chi connectivity index (χ0) is 13.8. The van der Waals surface area contributed by atoms with Crippen LogP contribution < -0.4 is 0 Å². The summed E-state index contributed by atoms with van der Waals surface area (Å²) in [6.07, 6.45) is 2.09. The molecule has 1 unspecified atom stereocenters. The Bertz CT molecular complexity index is 531. The van der Waals surface area contributed by atoms with Crippen molar-refractivity contribution in [3.8, 4) is 0 Å². The van der Waals surface area contributed by atoms with Crippen molar-refractivity contribution in [2.45, 2.75) is 30.0 Å². The molecule has 0 heterocycles. The van der Waals surface area contributed by atoms with Gasteiger partial charge in [-0.3, -0.25) is 0 Å². The van der Waals surface area contributed by atoms with Crippen LogP contribution in [0.2, 0.25) is 0 Å². The van der Waals surface area contributed by atoms with Crippen molar-refractivity contribution in [2.75, 3.05) is 6.26 Å². The lowest BCUT2D eigenvalue weighted by Gasteiger charge is -2.15. The van der Waals surface area contributed by atoms with Crippen LogP contribution in [0.4, 0.5) is 0 Å². The van der Waals surface area contributed by atoms with E-state index in [0.717, 1.165) is 5.56 Å². The van der Waals surface area contributed by atoms with Crippen LogP contribution in [-0.2, 0) is 0 Å². The van der Waals surface area contributed by atoms with Crippen molar-refractivity contribution in [2.24, 2.45) is 0 Å². The lowest BCUT2D eigenvalue weighted by atomic mass is 9.98. The summed E-state index contributed by atoms with van der Waals surface area (Å²) in [4.78, 5) is 1.25. The molecule has 0 saturated carbocycles. The van der Waals surface area contributed by atoms with Crippen LogP contribution in [0, 0.1) is 0 Å². The molecule has 0 aliphatic heterocycles. The fourth-order valence-electron chi connectivity index (χ4n) is 2.11. The minimum absolute atomic E-state index is 0.0788. The lowest BCUT2D eigenvalue weighted by Crippen LogP contribution is -1.96. The van der Waals surface area contributed by atoms with Crippen LogP contribution in [0.1, 0.15) is 41.8 Å². The van der Waals surface area contributed by atoms with Gasteiger partial charge in [0.1, 0.15) is 0 Å². The largest absolute Gasteiger partial charge is 0.129 e. The summed E-state index contributed by atoms with van der Waals surface area (Å²) in [6.45, 7) is 4.41. The van der Waals surface area contributed by atoms with Crippen molar-refractivity contribution < 1.29 is 0 Å². The summed E-state index contributed by atoms with van der Waals surface area (Å²) in [7, 11) is 0. The second-order valence-corrected chi connectivity index (χ2v) is 6.21. The van der Waals surface area contributed by atoms with Gasteiger partial charge in [-0.25, -0.2) is 0 Å². The molecule has 100 valence electrons. The van der Waals surface area contributed by atoms with E-state index in [9.17, 15) is 0 Å². The molecular formula is C17H19ClS. The Morgan fingerprint density at radius 3 is 2.05 bits per heavy atom. The fraction of sp³-hybridized carbons (Fsp3) is 0.294. The Hall–Kier alpha value is -0.920. The third-order valence-electron chi connectivity index (χ3n) is 3.31. The van der Waals surface area contributed by atoms with Gasteiger partial charge in [-0.05, 0) is 34.9 Å². The topological polar surface area (TPSA) is 0 Å². The van der Waals surface area contributed by atoms with Gasteiger partial charge in [0.05, 0.1) is 5.38 Å². The maximum atomic E-state index is 6.63. The van der Waals surface area contributed by atoms with E-state index in [-0.39, 0.29) is 5.38 Å². The molecule has 0 aromatic heterocycles. The highest BCUT2D eigenvalue weighted by molar-refractivity contribution is 7.98. The molecule has 0 nitrogen and oxygen atoms in total. The van der Waals surface area contributed by atoms with Crippen molar-refractivity contribution in [1.82, 2.24) is 0 Å². The Morgan fingerprint density at radius 2 is 1.47 bits per heavy atom. The average Bonchev–Trinajstić information content (AvgIpc) is 2.46. The number of hydrogen-bond acceptors (Lipinski definition) is 1. The molecule has 0 saturated heterocycles. The first-order valence-corrected chi connectivity index (χ1v) is 8.16. The summed E-state index contributed by atoms with van der Waals surface area (Å²) in [5, 5.41) is -0.0788. The highest BCUT2D eigenvalue weighted by Gasteiger charge is 2.14. The van der Waals surface area contributed by atoms with Gasteiger partial charge in [0.25, 0.3) is 0 Å². The first-order chi connectivity index (χ1) is 9.13. The van der Waals surface area contributed by atoms with Crippen LogP contribution in [0.25, 0.3) is 0 Å². The first-order valence-electron chi connectivity index (χ1n) is 6.50. The fourth-order valence-corrected chi connectivity index (χ4v) is 3.14. The Balaban J connectivity index is 2.30. The molecule has 0 spiro atoms. The molecule has 2 rings (SSSR count). The normalized spacial score (nSPS) is 12.7. The van der Waals surface area contributed by atoms with Gasteiger partial charge in [0.2, 0.25) is 0 Å². The Kier molecular flexibility index (Phi) is 4.95. The monoisotopic (exact) mass is 290 g/mol. The lowest BCUT2D eigenvalue weighted by molar-refractivity contribution is 0.865. The second-order valence-electron chi connectivity index (χ2n) is 4.93. The molecule has 1 atom stereocenters. The van der Waals surface area contributed by atoms with Gasteiger partial charge < -0.3 is 0 Å². The van der Waals surface area contributed by atoms with Gasteiger partial charge >= 0.3 is 0 Å². The van der Waals surface area contributed by atoms with Gasteiger partial charge in [-0.1, -0.05) is 56.3 Å². The SMILES string of the molecule is CSc1ccccc1C(Cl)c1ccc(C(C)C)cc1. The summed E-state index contributed by atoms with van der Waals surface area (Å²) < 4.78 is 0. The third-order valence-corrected chi connectivity index (χ3v) is 4.61. The molecule has 0 aliphatic rings. The van der Waals surface area contributed by atoms with E-state index in [1.807, 2.05) is 6.07 Å². The molecule has 19 heavy (non-hydrogen) atoms. The highest BCUT2D eigenvalue weighted by atomic mass is 35.5. The van der Waals surface area contributed by atoms with E-state index in [4.69, 9.17) is 11.6 Å². The van der Waals surface area contributed by atoms with E-state index in [1.165, 1.54) is 16.0 Å². The molecule has 2 aromatic carbocycles. The van der Waals surface area contributed by atoms with Crippen LogP contribution in [0.5, 0.6) is 0 Å². The molecular weight excluding hydrogens is 272 g/mol. The molecule has 0 radical (unpaired) electrons. The zero-order valence-electron chi connectivity index (χ0n) is 11.6. The summed E-state index contributed by atoms with van der Waals surface area (Å²) in [5.74, 6) is 0.557. The van der Waals surface area contributed by atoms with Gasteiger partial charge in [-0.15, -0.1) is 23.4 Å². The maximum absolute atomic E-state index is 6.63. The van der Waals surface area contributed by atoms with Crippen LogP contribution in [-0.4, -0.2) is 6.26 Å². The third kappa shape index (κ3) is 3.34. The first kappa shape index (κ1) is 14.5. The molecule has 2 aromatic rings. The van der Waals surface area contributed by atoms with Crippen molar-refractivity contribution in [3.05, 3.63) is 65.2 Å². The molecule has 0 amide bonds. The van der Waals surface area contributed by atoms with E-state index >= 15 is 0 Å². The van der Waals surface area contributed by atoms with E-state index < -0.39 is 0 Å². The van der Waals surface area contributed by atoms with Crippen LogP contribution in [0.3, 0.4) is 0 Å². The maximum Gasteiger partial charge on any atom is 0.0846 e. The number of thioether (sulfide) groups is 1. The number of halogens is 1. The minimum Gasteiger partial charge on any atom is -0.129 e. The van der Waals surface area contributed by atoms with E-state index in [2.05, 4.69) is 62.6 Å². The summed E-state index contributed by atoms with van der Waals surface area (Å²) in [6, 6.07) is 17.0. The Morgan fingerprint density at radius 1 is 0.895 bits per heavy atom. The van der Waals surface area contributed by atoms with Gasteiger partial charge in [0, 0.05) is 4.90 Å². The average molecular weight is 291 g/mol. The molecule has 0 N–H and O–H groups in total. The van der Waals surface area contributed by atoms with Crippen LogP contribution >= 0.6 is 23.4 Å². The van der Waals surface area contributed by atoms with Crippen molar-refractivity contribution in [1.29, 1.82) is 0 Å². The smallest absolute Gasteiger partial charge is 0.0846 e. The predicted octanol–water partition coefficient (Wildman–Crippen LogP) is 5.86. The molecule has 2 heteroatoms. The minimum atomic E-state index is -0.0788. The highest BCUT2D eigenvalue weighted by Crippen LogP contribution is 2.35. The number of hydrogen-bond donors (Lipinski definition) is 0. The molecule has 0 fully saturated rings. The van der Waals surface area contributed by atoms with Crippen molar-refractivity contribution >= 4 is 23.4 Å². The van der Waals surface area contributed by atoms with Gasteiger partial charge in [0.15, 0.2) is 0 Å². The zero-order valence-corrected chi connectivity index (χ0v) is 13.1. The number of rotatable bonds is 4. The van der Waals surface area contributed by atoms with Gasteiger partial charge in [-0.2, -0.15) is 0 Å². The Labute approximate surface area is 125 Å². The summed E-state index contributed by atoms with van der Waals surface area (Å²) >= 11 is 8.38. The van der Waals surface area contributed by atoms with E-state index in [0.29, 0.717) is 5.92 Å². The molecule has 0 bridgehead atoms. The number of alkyl halides is 1. The number of benzene rings is 2. The van der Waals surface area contributed by atoms with E-state index in [1.54, 1.807) is 11.8 Å². The second kappa shape index (κ2) is 6.49. The van der Waals surface area contributed by atoms with Crippen molar-refractivity contribution in [3.63, 3.8) is 0 Å². The van der Waals surface area contributed by atoms with Crippen LogP contribution in [0.15, 0.2) is 53.4 Å². The quantitative estimate of drug-likeness (QED) is 0.502.